The molecule has 0 bridgehead atoms. The van der Waals surface area contributed by atoms with Crippen LogP contribution in [0, 0.1) is 6.92 Å². The minimum atomic E-state index is -0.132. The number of carbonyl (C=O) groups excluding carboxylic acids is 1. The number of hydrogen-bond acceptors (Lipinski definition) is 3. The van der Waals surface area contributed by atoms with Gasteiger partial charge in [0.25, 0.3) is 0 Å². The highest BCUT2D eigenvalue weighted by Crippen LogP contribution is 2.18. The molecule has 1 N–H and O–H groups in total. The number of hydrogen-bond donors (Lipinski definition) is 1. The van der Waals surface area contributed by atoms with Crippen LogP contribution < -0.4 is 10.1 Å². The fraction of sp³-hybridized carbons (Fsp3) is 0.333. The largest absolute Gasteiger partial charge is 0.494 e. The van der Waals surface area contributed by atoms with Crippen LogP contribution in [-0.2, 0) is 17.8 Å². The van der Waals surface area contributed by atoms with E-state index in [9.17, 15) is 4.79 Å². The zero-order valence-corrected chi connectivity index (χ0v) is 17.1. The average molecular weight is 392 g/mol. The van der Waals surface area contributed by atoms with E-state index in [2.05, 4.69) is 53.7 Å². The summed E-state index contributed by atoms with van der Waals surface area (Å²) in [7, 11) is 0. The molecule has 2 aromatic carbocycles. The molecule has 0 atom stereocenters. The second-order valence-electron chi connectivity index (χ2n) is 7.14. The molecular formula is C24H29N3O2. The predicted molar refractivity (Wildman–Crippen MR) is 117 cm³/mol. The number of para-hydroxylation sites is 2. The average Bonchev–Trinajstić information content (AvgIpc) is 3.08. The molecule has 0 aliphatic heterocycles. The highest BCUT2D eigenvalue weighted by molar-refractivity contribution is 5.86. The van der Waals surface area contributed by atoms with Gasteiger partial charge in [-0.05, 0) is 62.1 Å². The third-order valence-corrected chi connectivity index (χ3v) is 4.83. The Balaban J connectivity index is 1.54. The first-order chi connectivity index (χ1) is 14.2. The lowest BCUT2D eigenvalue weighted by molar-refractivity contribution is -0.116. The zero-order valence-electron chi connectivity index (χ0n) is 17.1. The first-order valence-electron chi connectivity index (χ1n) is 10.2. The number of aromatic nitrogens is 2. The third kappa shape index (κ3) is 5.95. The molecule has 1 aromatic heterocycles. The smallest absolute Gasteiger partial charge is 0.243 e. The molecule has 0 unspecified atom stereocenters. The minimum Gasteiger partial charge on any atom is -0.494 e. The molecule has 5 heteroatoms. The van der Waals surface area contributed by atoms with E-state index in [0.717, 1.165) is 54.8 Å². The summed E-state index contributed by atoms with van der Waals surface area (Å²) in [5.41, 5.74) is 3.40. The van der Waals surface area contributed by atoms with E-state index >= 15 is 0 Å². The Bertz CT molecular complexity index is 962. The molecule has 0 saturated carbocycles. The number of rotatable bonds is 11. The summed E-state index contributed by atoms with van der Waals surface area (Å²) in [4.78, 5) is 16.1. The monoisotopic (exact) mass is 391 g/mol. The van der Waals surface area contributed by atoms with E-state index in [4.69, 9.17) is 9.72 Å². The first kappa shape index (κ1) is 20.6. The first-order valence-corrected chi connectivity index (χ1v) is 10.2. The summed E-state index contributed by atoms with van der Waals surface area (Å²) in [6.07, 6.45) is 4.97. The lowest BCUT2D eigenvalue weighted by Crippen LogP contribution is -2.22. The molecule has 3 aromatic rings. The molecule has 0 aliphatic carbocycles. The fourth-order valence-corrected chi connectivity index (χ4v) is 3.36. The lowest BCUT2D eigenvalue weighted by Gasteiger charge is -2.10. The van der Waals surface area contributed by atoms with Gasteiger partial charge in [-0.25, -0.2) is 4.98 Å². The second-order valence-corrected chi connectivity index (χ2v) is 7.14. The van der Waals surface area contributed by atoms with Crippen molar-refractivity contribution in [3.8, 4) is 5.75 Å². The third-order valence-electron chi connectivity index (χ3n) is 4.83. The summed E-state index contributed by atoms with van der Waals surface area (Å²) in [5.74, 6) is 1.87. The van der Waals surface area contributed by atoms with Gasteiger partial charge in [-0.1, -0.05) is 30.8 Å². The van der Waals surface area contributed by atoms with Crippen molar-refractivity contribution in [2.24, 2.45) is 0 Å². The van der Waals surface area contributed by atoms with Crippen molar-refractivity contribution >= 4 is 16.9 Å². The molecule has 3 rings (SSSR count). The van der Waals surface area contributed by atoms with Crippen molar-refractivity contribution < 1.29 is 9.53 Å². The molecule has 0 spiro atoms. The number of nitrogens with one attached hydrogen (secondary N) is 1. The van der Waals surface area contributed by atoms with Crippen molar-refractivity contribution in [1.82, 2.24) is 14.9 Å². The van der Waals surface area contributed by atoms with Crippen molar-refractivity contribution in [2.75, 3.05) is 13.2 Å². The van der Waals surface area contributed by atoms with Crippen LogP contribution in [0.3, 0.4) is 0 Å². The number of ether oxygens (including phenoxy) is 1. The Morgan fingerprint density at radius 2 is 2.03 bits per heavy atom. The quantitative estimate of drug-likeness (QED) is 0.388. The molecule has 0 radical (unpaired) electrons. The topological polar surface area (TPSA) is 56.2 Å². The Morgan fingerprint density at radius 1 is 1.17 bits per heavy atom. The molecule has 1 amide bonds. The van der Waals surface area contributed by atoms with Crippen LogP contribution in [0.2, 0.25) is 0 Å². The van der Waals surface area contributed by atoms with Crippen LogP contribution in [0.1, 0.15) is 30.7 Å². The van der Waals surface area contributed by atoms with Crippen LogP contribution in [0.15, 0.2) is 61.2 Å². The number of imidazole rings is 1. The van der Waals surface area contributed by atoms with Crippen LogP contribution in [-0.4, -0.2) is 28.6 Å². The number of benzene rings is 2. The maximum absolute atomic E-state index is 11.3. The van der Waals surface area contributed by atoms with Crippen molar-refractivity contribution in [3.05, 3.63) is 72.6 Å². The van der Waals surface area contributed by atoms with E-state index in [1.807, 2.05) is 18.2 Å². The number of fused-ring (bicyclic) bond motifs is 1. The van der Waals surface area contributed by atoms with Gasteiger partial charge in [0.2, 0.25) is 5.91 Å². The van der Waals surface area contributed by atoms with Gasteiger partial charge in [-0.2, -0.15) is 0 Å². The standard InChI is InChI=1S/C24H29N3O2/c1-3-24(28)25-15-9-14-23-26-21-12-4-5-13-22(21)27(23)16-6-7-17-29-20-11-8-10-19(2)18-20/h3-5,8,10-13,18H,1,6-7,9,14-17H2,2H3,(H,25,28). The molecule has 152 valence electrons. The molecule has 0 saturated heterocycles. The number of nitrogens with zero attached hydrogens (tertiary/aromatic N) is 2. The predicted octanol–water partition coefficient (Wildman–Crippen LogP) is 4.44. The van der Waals surface area contributed by atoms with Gasteiger partial charge in [-0.15, -0.1) is 0 Å². The Labute approximate surface area is 172 Å². The number of aryl methyl sites for hydroxylation is 3. The van der Waals surface area contributed by atoms with Gasteiger partial charge in [0.15, 0.2) is 0 Å². The maximum Gasteiger partial charge on any atom is 0.243 e. The van der Waals surface area contributed by atoms with E-state index < -0.39 is 0 Å². The van der Waals surface area contributed by atoms with Gasteiger partial charge >= 0.3 is 0 Å². The lowest BCUT2D eigenvalue weighted by atomic mass is 10.2. The van der Waals surface area contributed by atoms with Crippen LogP contribution in [0.5, 0.6) is 5.75 Å². The minimum absolute atomic E-state index is 0.132. The van der Waals surface area contributed by atoms with Gasteiger partial charge < -0.3 is 14.6 Å². The Kier molecular flexibility index (Phi) is 7.45. The van der Waals surface area contributed by atoms with Crippen molar-refractivity contribution in [3.63, 3.8) is 0 Å². The number of carbonyl (C=O) groups is 1. The van der Waals surface area contributed by atoms with E-state index in [-0.39, 0.29) is 5.91 Å². The summed E-state index contributed by atoms with van der Waals surface area (Å²) in [6.45, 7) is 7.78. The highest BCUT2D eigenvalue weighted by atomic mass is 16.5. The molecule has 29 heavy (non-hydrogen) atoms. The van der Waals surface area contributed by atoms with E-state index in [1.54, 1.807) is 0 Å². The summed E-state index contributed by atoms with van der Waals surface area (Å²) < 4.78 is 8.17. The van der Waals surface area contributed by atoms with Crippen molar-refractivity contribution in [1.29, 1.82) is 0 Å². The van der Waals surface area contributed by atoms with Gasteiger partial charge in [-0.3, -0.25) is 4.79 Å². The number of amides is 1. The summed E-state index contributed by atoms with van der Waals surface area (Å²) in [5, 5.41) is 2.82. The molecule has 5 nitrogen and oxygen atoms in total. The van der Waals surface area contributed by atoms with E-state index in [1.165, 1.54) is 11.6 Å². The van der Waals surface area contributed by atoms with Gasteiger partial charge in [0, 0.05) is 19.5 Å². The summed E-state index contributed by atoms with van der Waals surface area (Å²) in [6, 6.07) is 16.4. The molecular weight excluding hydrogens is 362 g/mol. The second kappa shape index (κ2) is 10.5. The number of unbranched alkanes of at least 4 members (excludes halogenated alkanes) is 1. The zero-order chi connectivity index (χ0) is 20.5. The normalized spacial score (nSPS) is 10.8. The maximum atomic E-state index is 11.3. The molecule has 0 aliphatic rings. The van der Waals surface area contributed by atoms with Gasteiger partial charge in [0.1, 0.15) is 11.6 Å². The molecule has 1 heterocycles. The Hall–Kier alpha value is -3.08. The van der Waals surface area contributed by atoms with Crippen LogP contribution >= 0.6 is 0 Å². The van der Waals surface area contributed by atoms with Gasteiger partial charge in [0.05, 0.1) is 17.6 Å². The molecule has 0 fully saturated rings. The van der Waals surface area contributed by atoms with Crippen LogP contribution in [0.4, 0.5) is 0 Å². The summed E-state index contributed by atoms with van der Waals surface area (Å²) >= 11 is 0. The Morgan fingerprint density at radius 3 is 2.86 bits per heavy atom. The fourth-order valence-electron chi connectivity index (χ4n) is 3.36. The highest BCUT2D eigenvalue weighted by Gasteiger charge is 2.10. The SMILES string of the molecule is C=CC(=O)NCCCc1nc2ccccc2n1CCCCOc1cccc(C)c1. The van der Waals surface area contributed by atoms with E-state index in [0.29, 0.717) is 13.2 Å². The van der Waals surface area contributed by atoms with Crippen molar-refractivity contribution in [2.45, 2.75) is 39.2 Å². The van der Waals surface area contributed by atoms with Crippen LogP contribution in [0.25, 0.3) is 11.0 Å².